The van der Waals surface area contributed by atoms with Crippen LogP contribution in [0.2, 0.25) is 0 Å². The third-order valence-corrected chi connectivity index (χ3v) is 5.18. The van der Waals surface area contributed by atoms with Crippen LogP contribution in [0.15, 0.2) is 36.0 Å². The van der Waals surface area contributed by atoms with Crippen LogP contribution in [-0.4, -0.2) is 4.98 Å². The monoisotopic (exact) mass is 269 g/mol. The van der Waals surface area contributed by atoms with Crippen LogP contribution in [0.3, 0.4) is 0 Å². The first-order chi connectivity index (χ1) is 9.93. The number of pyridine rings is 1. The summed E-state index contributed by atoms with van der Waals surface area (Å²) in [7, 11) is 0. The second kappa shape index (κ2) is 7.06. The van der Waals surface area contributed by atoms with Crippen molar-refractivity contribution in [1.29, 1.82) is 0 Å². The Kier molecular flexibility index (Phi) is 4.89. The van der Waals surface area contributed by atoms with E-state index in [2.05, 4.69) is 23.2 Å². The van der Waals surface area contributed by atoms with E-state index >= 15 is 0 Å². The molecule has 2 aliphatic rings. The molecule has 1 heterocycles. The summed E-state index contributed by atoms with van der Waals surface area (Å²) in [6.45, 7) is 0. The highest BCUT2D eigenvalue weighted by Gasteiger charge is 2.27. The normalized spacial score (nSPS) is 22.3. The first-order valence-corrected chi connectivity index (χ1v) is 8.52. The minimum Gasteiger partial charge on any atom is -0.261 e. The fraction of sp³-hybridized carbons (Fsp3) is 0.632. The second-order valence-corrected chi connectivity index (χ2v) is 6.55. The van der Waals surface area contributed by atoms with E-state index in [1.807, 2.05) is 12.3 Å². The largest absolute Gasteiger partial charge is 0.261 e. The van der Waals surface area contributed by atoms with Gasteiger partial charge in [0, 0.05) is 11.9 Å². The average Bonchev–Trinajstić information content (AvgIpc) is 2.55. The summed E-state index contributed by atoms with van der Waals surface area (Å²) in [5, 5.41) is 0. The quantitative estimate of drug-likeness (QED) is 0.674. The van der Waals surface area contributed by atoms with Gasteiger partial charge in [0.25, 0.3) is 0 Å². The van der Waals surface area contributed by atoms with Gasteiger partial charge in [0.2, 0.25) is 0 Å². The Morgan fingerprint density at radius 2 is 1.95 bits per heavy atom. The highest BCUT2D eigenvalue weighted by molar-refractivity contribution is 5.15. The fourth-order valence-corrected chi connectivity index (χ4v) is 4.08. The van der Waals surface area contributed by atoms with E-state index in [1.54, 1.807) is 5.57 Å². The van der Waals surface area contributed by atoms with E-state index in [9.17, 15) is 0 Å². The van der Waals surface area contributed by atoms with Gasteiger partial charge in [-0.2, -0.15) is 0 Å². The van der Waals surface area contributed by atoms with Crippen molar-refractivity contribution in [1.82, 2.24) is 4.98 Å². The third-order valence-electron chi connectivity index (χ3n) is 5.18. The third kappa shape index (κ3) is 3.50. The molecule has 1 aromatic rings. The molecule has 108 valence electrons. The molecule has 0 amide bonds. The van der Waals surface area contributed by atoms with Gasteiger partial charge in [0.1, 0.15) is 0 Å². The van der Waals surface area contributed by atoms with E-state index < -0.39 is 0 Å². The van der Waals surface area contributed by atoms with Crippen LogP contribution in [0.25, 0.3) is 0 Å². The van der Waals surface area contributed by atoms with Gasteiger partial charge in [0.05, 0.1) is 0 Å². The molecule has 0 spiro atoms. The topological polar surface area (TPSA) is 12.9 Å². The maximum atomic E-state index is 4.58. The number of aromatic nitrogens is 1. The molecular formula is C19H27N. The molecule has 1 atom stereocenters. The second-order valence-electron chi connectivity index (χ2n) is 6.55. The summed E-state index contributed by atoms with van der Waals surface area (Å²) in [6.07, 6.45) is 18.3. The van der Waals surface area contributed by atoms with Gasteiger partial charge in [-0.1, -0.05) is 37.0 Å². The molecule has 0 bridgehead atoms. The smallest absolute Gasteiger partial charge is 0.0409 e. The summed E-state index contributed by atoms with van der Waals surface area (Å²) in [6, 6.07) is 6.37. The van der Waals surface area contributed by atoms with E-state index in [1.165, 1.54) is 63.5 Å². The van der Waals surface area contributed by atoms with Crippen LogP contribution in [0, 0.1) is 11.8 Å². The number of nitrogens with zero attached hydrogens (tertiary/aromatic N) is 1. The molecule has 20 heavy (non-hydrogen) atoms. The Bertz CT molecular complexity index is 428. The summed E-state index contributed by atoms with van der Waals surface area (Å²) in [4.78, 5) is 4.58. The number of allylic oxidation sites excluding steroid dienone is 2. The standard InChI is InChI=1S/C19H27N/c1-3-9-16(10-4-1)19(17-11-5-2-6-12-17)15-18-13-7-8-14-20-18/h7-9,13-14,17,19H,1-6,10-12,15H2. The van der Waals surface area contributed by atoms with Crippen molar-refractivity contribution >= 4 is 0 Å². The number of rotatable bonds is 4. The molecule has 0 saturated heterocycles. The summed E-state index contributed by atoms with van der Waals surface area (Å²) >= 11 is 0. The van der Waals surface area contributed by atoms with Crippen molar-refractivity contribution in [2.75, 3.05) is 0 Å². The molecule has 3 rings (SSSR count). The lowest BCUT2D eigenvalue weighted by atomic mass is 9.72. The zero-order valence-corrected chi connectivity index (χ0v) is 12.6. The van der Waals surface area contributed by atoms with E-state index in [0.717, 1.165) is 18.3 Å². The van der Waals surface area contributed by atoms with Crippen LogP contribution in [0.4, 0.5) is 0 Å². The predicted octanol–water partition coefficient (Wildman–Crippen LogP) is 5.32. The maximum Gasteiger partial charge on any atom is 0.0409 e. The van der Waals surface area contributed by atoms with Crippen molar-refractivity contribution in [2.24, 2.45) is 11.8 Å². The first kappa shape index (κ1) is 13.9. The molecule has 1 saturated carbocycles. The highest BCUT2D eigenvalue weighted by atomic mass is 14.7. The van der Waals surface area contributed by atoms with Gasteiger partial charge in [0.15, 0.2) is 0 Å². The van der Waals surface area contributed by atoms with Gasteiger partial charge in [-0.3, -0.25) is 4.98 Å². The van der Waals surface area contributed by atoms with Crippen molar-refractivity contribution in [3.05, 3.63) is 41.7 Å². The minimum absolute atomic E-state index is 0.769. The summed E-state index contributed by atoms with van der Waals surface area (Å²) in [5.41, 5.74) is 3.04. The predicted molar refractivity (Wildman–Crippen MR) is 84.6 cm³/mol. The summed E-state index contributed by atoms with van der Waals surface area (Å²) < 4.78 is 0. The van der Waals surface area contributed by atoms with Crippen molar-refractivity contribution < 1.29 is 0 Å². The van der Waals surface area contributed by atoms with E-state index in [0.29, 0.717) is 0 Å². The van der Waals surface area contributed by atoms with Crippen LogP contribution in [0.5, 0.6) is 0 Å². The van der Waals surface area contributed by atoms with Crippen LogP contribution >= 0.6 is 0 Å². The van der Waals surface area contributed by atoms with Crippen LogP contribution in [0.1, 0.15) is 63.5 Å². The van der Waals surface area contributed by atoms with Crippen molar-refractivity contribution in [2.45, 2.75) is 64.2 Å². The number of hydrogen-bond donors (Lipinski definition) is 0. The molecule has 2 aliphatic carbocycles. The molecule has 0 N–H and O–H groups in total. The van der Waals surface area contributed by atoms with Gasteiger partial charge < -0.3 is 0 Å². The van der Waals surface area contributed by atoms with Gasteiger partial charge in [-0.25, -0.2) is 0 Å². The highest BCUT2D eigenvalue weighted by Crippen LogP contribution is 2.38. The van der Waals surface area contributed by atoms with Crippen LogP contribution in [-0.2, 0) is 6.42 Å². The first-order valence-electron chi connectivity index (χ1n) is 8.52. The van der Waals surface area contributed by atoms with E-state index in [-0.39, 0.29) is 0 Å². The van der Waals surface area contributed by atoms with Gasteiger partial charge >= 0.3 is 0 Å². The average molecular weight is 269 g/mol. The summed E-state index contributed by atoms with van der Waals surface area (Å²) in [5.74, 6) is 1.68. The zero-order chi connectivity index (χ0) is 13.6. The lowest BCUT2D eigenvalue weighted by molar-refractivity contribution is 0.267. The maximum absolute atomic E-state index is 4.58. The molecular weight excluding hydrogens is 242 g/mol. The molecule has 0 aromatic carbocycles. The molecule has 1 aromatic heterocycles. The van der Waals surface area contributed by atoms with Gasteiger partial charge in [-0.15, -0.1) is 0 Å². The number of hydrogen-bond acceptors (Lipinski definition) is 1. The lowest BCUT2D eigenvalue weighted by Gasteiger charge is -2.33. The minimum atomic E-state index is 0.769. The Morgan fingerprint density at radius 1 is 1.05 bits per heavy atom. The molecule has 1 heteroatoms. The Morgan fingerprint density at radius 3 is 2.65 bits per heavy atom. The van der Waals surface area contributed by atoms with Crippen molar-refractivity contribution in [3.8, 4) is 0 Å². The van der Waals surface area contributed by atoms with Crippen LogP contribution < -0.4 is 0 Å². The van der Waals surface area contributed by atoms with Gasteiger partial charge in [-0.05, 0) is 68.9 Å². The Balaban J connectivity index is 1.77. The molecule has 0 radical (unpaired) electrons. The van der Waals surface area contributed by atoms with E-state index in [4.69, 9.17) is 0 Å². The Labute approximate surface area is 123 Å². The molecule has 0 aliphatic heterocycles. The molecule has 1 nitrogen and oxygen atoms in total. The SMILES string of the molecule is C1=C(C(Cc2ccccn2)C2CCCCC2)CCCC1. The zero-order valence-electron chi connectivity index (χ0n) is 12.6. The van der Waals surface area contributed by atoms with Crippen molar-refractivity contribution in [3.63, 3.8) is 0 Å². The fourth-order valence-electron chi connectivity index (χ4n) is 4.08. The molecule has 1 fully saturated rings. The lowest BCUT2D eigenvalue weighted by Crippen LogP contribution is -2.23. The Hall–Kier alpha value is -1.11. The molecule has 1 unspecified atom stereocenters.